The van der Waals surface area contributed by atoms with Crippen molar-refractivity contribution < 1.29 is 24.0 Å². The second kappa shape index (κ2) is 5.58. The normalized spacial score (nSPS) is 10.2. The maximum atomic E-state index is 13.6. The number of ether oxygens (including phenoxy) is 1. The van der Waals surface area contributed by atoms with E-state index in [-0.39, 0.29) is 22.6 Å². The standard InChI is InChI=1S/C14H10FNO5/c1-8-11(16(19)20)6-9(14(17)18)7-13(8)21-12-5-3-2-4-10(12)15/h2-7H,1H3,(H,17,18). The van der Waals surface area contributed by atoms with Gasteiger partial charge >= 0.3 is 5.97 Å². The third-order valence-electron chi connectivity index (χ3n) is 2.83. The summed E-state index contributed by atoms with van der Waals surface area (Å²) < 4.78 is 18.8. The molecule has 0 amide bonds. The van der Waals surface area contributed by atoms with Crippen LogP contribution in [-0.2, 0) is 0 Å². The minimum atomic E-state index is -1.34. The third kappa shape index (κ3) is 2.97. The van der Waals surface area contributed by atoms with Crippen molar-refractivity contribution in [3.05, 3.63) is 63.5 Å². The molecule has 0 fully saturated rings. The predicted molar refractivity (Wildman–Crippen MR) is 71.3 cm³/mol. The zero-order valence-corrected chi connectivity index (χ0v) is 10.9. The zero-order chi connectivity index (χ0) is 15.6. The Hall–Kier alpha value is -2.96. The highest BCUT2D eigenvalue weighted by atomic mass is 19.1. The molecular weight excluding hydrogens is 281 g/mol. The summed E-state index contributed by atoms with van der Waals surface area (Å²) in [4.78, 5) is 21.2. The first kappa shape index (κ1) is 14.4. The second-order valence-corrected chi connectivity index (χ2v) is 4.21. The monoisotopic (exact) mass is 291 g/mol. The minimum Gasteiger partial charge on any atom is -0.478 e. The van der Waals surface area contributed by atoms with Crippen LogP contribution in [0.2, 0.25) is 0 Å². The van der Waals surface area contributed by atoms with Crippen LogP contribution in [0.15, 0.2) is 36.4 Å². The van der Waals surface area contributed by atoms with Gasteiger partial charge in [-0.25, -0.2) is 9.18 Å². The highest BCUT2D eigenvalue weighted by Gasteiger charge is 2.21. The molecule has 0 spiro atoms. The van der Waals surface area contributed by atoms with Gasteiger partial charge in [-0.15, -0.1) is 0 Å². The Balaban J connectivity index is 2.55. The molecule has 21 heavy (non-hydrogen) atoms. The number of nitro benzene ring substituents is 1. The Morgan fingerprint density at radius 2 is 1.95 bits per heavy atom. The molecule has 0 radical (unpaired) electrons. The van der Waals surface area contributed by atoms with Crippen LogP contribution in [0, 0.1) is 22.9 Å². The molecule has 0 bridgehead atoms. The quantitative estimate of drug-likeness (QED) is 0.687. The minimum absolute atomic E-state index is 0.0771. The molecule has 0 saturated carbocycles. The lowest BCUT2D eigenvalue weighted by Gasteiger charge is -2.10. The van der Waals surface area contributed by atoms with E-state index in [1.54, 1.807) is 0 Å². The lowest BCUT2D eigenvalue weighted by atomic mass is 10.1. The Labute approximate surface area is 118 Å². The maximum Gasteiger partial charge on any atom is 0.336 e. The lowest BCUT2D eigenvalue weighted by molar-refractivity contribution is -0.385. The molecule has 1 N–H and O–H groups in total. The Bertz CT molecular complexity index is 729. The number of carboxylic acids is 1. The van der Waals surface area contributed by atoms with E-state index in [1.165, 1.54) is 31.2 Å². The van der Waals surface area contributed by atoms with E-state index in [9.17, 15) is 19.3 Å². The van der Waals surface area contributed by atoms with Gasteiger partial charge in [0.2, 0.25) is 0 Å². The fourth-order valence-corrected chi connectivity index (χ4v) is 1.74. The predicted octanol–water partition coefficient (Wildman–Crippen LogP) is 3.53. The number of halogens is 1. The summed E-state index contributed by atoms with van der Waals surface area (Å²) in [6, 6.07) is 7.56. The van der Waals surface area contributed by atoms with Crippen molar-refractivity contribution in [2.45, 2.75) is 6.92 Å². The third-order valence-corrected chi connectivity index (χ3v) is 2.83. The molecular formula is C14H10FNO5. The van der Waals surface area contributed by atoms with Gasteiger partial charge in [-0.2, -0.15) is 0 Å². The van der Waals surface area contributed by atoms with Gasteiger partial charge in [0, 0.05) is 6.07 Å². The van der Waals surface area contributed by atoms with Crippen LogP contribution in [0.4, 0.5) is 10.1 Å². The van der Waals surface area contributed by atoms with E-state index >= 15 is 0 Å². The van der Waals surface area contributed by atoms with Crippen LogP contribution in [-0.4, -0.2) is 16.0 Å². The highest BCUT2D eigenvalue weighted by molar-refractivity contribution is 5.89. The van der Waals surface area contributed by atoms with E-state index in [4.69, 9.17) is 9.84 Å². The van der Waals surface area contributed by atoms with Gasteiger partial charge in [0.1, 0.15) is 5.75 Å². The Kier molecular flexibility index (Phi) is 3.84. The van der Waals surface area contributed by atoms with Gasteiger partial charge in [0.25, 0.3) is 5.69 Å². The number of hydrogen-bond acceptors (Lipinski definition) is 4. The molecule has 6 nitrogen and oxygen atoms in total. The van der Waals surface area contributed by atoms with Crippen molar-refractivity contribution in [3.8, 4) is 11.5 Å². The first-order valence-corrected chi connectivity index (χ1v) is 5.85. The van der Waals surface area contributed by atoms with Crippen molar-refractivity contribution in [3.63, 3.8) is 0 Å². The van der Waals surface area contributed by atoms with Gasteiger partial charge < -0.3 is 9.84 Å². The summed E-state index contributed by atoms with van der Waals surface area (Å²) in [6.45, 7) is 1.40. The van der Waals surface area contributed by atoms with Gasteiger partial charge in [0.05, 0.1) is 16.1 Å². The van der Waals surface area contributed by atoms with Crippen molar-refractivity contribution in [1.29, 1.82) is 0 Å². The SMILES string of the molecule is Cc1c(Oc2ccccc2F)cc(C(=O)O)cc1[N+](=O)[O-]. The first-order valence-electron chi connectivity index (χ1n) is 5.85. The Morgan fingerprint density at radius 3 is 2.52 bits per heavy atom. The van der Waals surface area contributed by atoms with Crippen molar-refractivity contribution in [2.75, 3.05) is 0 Å². The molecule has 108 valence electrons. The topological polar surface area (TPSA) is 89.7 Å². The van der Waals surface area contributed by atoms with Crippen LogP contribution in [0.5, 0.6) is 11.5 Å². The fraction of sp³-hybridized carbons (Fsp3) is 0.0714. The molecule has 2 aromatic carbocycles. The van der Waals surface area contributed by atoms with E-state index in [0.29, 0.717) is 0 Å². The lowest BCUT2D eigenvalue weighted by Crippen LogP contribution is -2.02. The van der Waals surface area contributed by atoms with Crippen LogP contribution < -0.4 is 4.74 Å². The van der Waals surface area contributed by atoms with E-state index in [0.717, 1.165) is 12.1 Å². The van der Waals surface area contributed by atoms with Crippen molar-refractivity contribution in [2.24, 2.45) is 0 Å². The number of rotatable bonds is 4. The molecule has 2 rings (SSSR count). The van der Waals surface area contributed by atoms with Crippen LogP contribution in [0.25, 0.3) is 0 Å². The molecule has 0 unspecified atom stereocenters. The van der Waals surface area contributed by atoms with E-state index in [2.05, 4.69) is 0 Å². The summed E-state index contributed by atoms with van der Waals surface area (Å²) in [6.07, 6.45) is 0. The molecule has 0 aromatic heterocycles. The molecule has 0 aliphatic rings. The number of para-hydroxylation sites is 1. The molecule has 0 heterocycles. The van der Waals surface area contributed by atoms with Crippen molar-refractivity contribution in [1.82, 2.24) is 0 Å². The number of carbonyl (C=O) groups is 1. The maximum absolute atomic E-state index is 13.6. The van der Waals surface area contributed by atoms with Gasteiger partial charge in [-0.1, -0.05) is 12.1 Å². The summed E-state index contributed by atoms with van der Waals surface area (Å²) >= 11 is 0. The van der Waals surface area contributed by atoms with Gasteiger partial charge in [-0.05, 0) is 25.1 Å². The zero-order valence-electron chi connectivity index (χ0n) is 10.9. The molecule has 2 aromatic rings. The largest absolute Gasteiger partial charge is 0.478 e. The highest BCUT2D eigenvalue weighted by Crippen LogP contribution is 2.33. The van der Waals surface area contributed by atoms with Crippen LogP contribution in [0.3, 0.4) is 0 Å². The number of carboxylic acid groups (broad SMARTS) is 1. The molecule has 0 aliphatic carbocycles. The average Bonchev–Trinajstić information content (AvgIpc) is 2.42. The average molecular weight is 291 g/mol. The fourth-order valence-electron chi connectivity index (χ4n) is 1.74. The number of nitro groups is 1. The van der Waals surface area contributed by atoms with Crippen molar-refractivity contribution >= 4 is 11.7 Å². The molecule has 0 aliphatic heterocycles. The molecule has 0 saturated heterocycles. The molecule has 7 heteroatoms. The number of hydrogen-bond donors (Lipinski definition) is 1. The smallest absolute Gasteiger partial charge is 0.336 e. The summed E-state index contributed by atoms with van der Waals surface area (Å²) in [5.74, 6) is -2.21. The summed E-state index contributed by atoms with van der Waals surface area (Å²) in [5, 5.41) is 19.9. The number of aromatic carboxylic acids is 1. The molecule has 0 atom stereocenters. The van der Waals surface area contributed by atoms with Crippen LogP contribution in [0.1, 0.15) is 15.9 Å². The number of nitrogens with zero attached hydrogens (tertiary/aromatic N) is 1. The van der Waals surface area contributed by atoms with E-state index in [1.807, 2.05) is 0 Å². The summed E-state index contributed by atoms with van der Waals surface area (Å²) in [7, 11) is 0. The Morgan fingerprint density at radius 1 is 1.29 bits per heavy atom. The number of benzene rings is 2. The first-order chi connectivity index (χ1) is 9.90. The van der Waals surface area contributed by atoms with Gasteiger partial charge in [0.15, 0.2) is 11.6 Å². The summed E-state index contributed by atoms with van der Waals surface area (Å²) in [5.41, 5.74) is -0.590. The van der Waals surface area contributed by atoms with Gasteiger partial charge in [-0.3, -0.25) is 10.1 Å². The van der Waals surface area contributed by atoms with E-state index < -0.39 is 22.4 Å². The van der Waals surface area contributed by atoms with Crippen LogP contribution >= 0.6 is 0 Å². The second-order valence-electron chi connectivity index (χ2n) is 4.21.